The quantitative estimate of drug-likeness (QED) is 0.566. The van der Waals surface area contributed by atoms with Gasteiger partial charge in [-0.25, -0.2) is 0 Å². The largest absolute Gasteiger partial charge is 0.484 e. The number of nitrogens with one attached hydrogen (secondary N) is 2. The number of halogens is 5. The summed E-state index contributed by atoms with van der Waals surface area (Å²) in [6, 6.07) is 13.8. The van der Waals surface area contributed by atoms with Crippen LogP contribution in [-0.4, -0.2) is 38.3 Å². The zero-order valence-corrected chi connectivity index (χ0v) is 20.5. The summed E-state index contributed by atoms with van der Waals surface area (Å²) in [5.74, 6) is 0.220. The molecule has 0 aliphatic carbocycles. The molecule has 2 heterocycles. The monoisotopic (exact) mass is 519 g/mol. The molecule has 2 aromatic carbocycles. The van der Waals surface area contributed by atoms with Crippen molar-refractivity contribution in [2.45, 2.75) is 50.5 Å². The number of hydrogen-bond acceptors (Lipinski definition) is 4. The highest BCUT2D eigenvalue weighted by molar-refractivity contribution is 5.96. The van der Waals surface area contributed by atoms with E-state index in [0.717, 1.165) is 30.6 Å². The lowest BCUT2D eigenvalue weighted by atomic mass is 9.92. The number of nitrogens with zero attached hydrogens (tertiary/aromatic N) is 1. The Hall–Kier alpha value is -2.00. The van der Waals surface area contributed by atoms with E-state index in [9.17, 15) is 18.0 Å². The Labute approximate surface area is 210 Å². The van der Waals surface area contributed by atoms with Crippen molar-refractivity contribution in [2.75, 3.05) is 25.1 Å². The van der Waals surface area contributed by atoms with Crippen molar-refractivity contribution in [2.24, 2.45) is 0 Å². The summed E-state index contributed by atoms with van der Waals surface area (Å²) in [5.41, 5.74) is 3.36. The Balaban J connectivity index is 0.00000204. The molecule has 0 saturated carbocycles. The van der Waals surface area contributed by atoms with Gasteiger partial charge in [-0.3, -0.25) is 4.79 Å². The van der Waals surface area contributed by atoms with Crippen molar-refractivity contribution >= 4 is 36.4 Å². The molecular weight excluding hydrogens is 490 g/mol. The van der Waals surface area contributed by atoms with Gasteiger partial charge in [-0.15, -0.1) is 24.8 Å². The fourth-order valence-corrected chi connectivity index (χ4v) is 4.50. The molecule has 0 aromatic heterocycles. The number of anilines is 1. The van der Waals surface area contributed by atoms with Gasteiger partial charge in [0.05, 0.1) is 0 Å². The van der Waals surface area contributed by atoms with Crippen LogP contribution in [0.5, 0.6) is 5.75 Å². The maximum atomic E-state index is 12.8. The first-order valence-electron chi connectivity index (χ1n) is 11.0. The van der Waals surface area contributed by atoms with E-state index in [4.69, 9.17) is 4.74 Å². The van der Waals surface area contributed by atoms with Crippen LogP contribution in [0.4, 0.5) is 18.9 Å². The lowest BCUT2D eigenvalue weighted by Crippen LogP contribution is -2.45. The summed E-state index contributed by atoms with van der Waals surface area (Å²) in [5, 5.41) is 7.08. The summed E-state index contributed by atoms with van der Waals surface area (Å²) in [6.07, 6.45) is -1.61. The number of carbonyl (C=O) groups excluding carboxylic acids is 1. The number of carbonyl (C=O) groups is 1. The third kappa shape index (κ3) is 6.78. The molecule has 0 bridgehead atoms. The summed E-state index contributed by atoms with van der Waals surface area (Å²) in [6.45, 7) is -0.0766. The predicted molar refractivity (Wildman–Crippen MR) is 131 cm³/mol. The average molecular weight is 520 g/mol. The predicted octanol–water partition coefficient (Wildman–Crippen LogP) is 4.96. The van der Waals surface area contributed by atoms with Crippen molar-refractivity contribution in [3.05, 3.63) is 59.2 Å². The minimum Gasteiger partial charge on any atom is -0.484 e. The Morgan fingerprint density at radius 3 is 2.59 bits per heavy atom. The zero-order chi connectivity index (χ0) is 22.7. The molecule has 2 N–H and O–H groups in total. The number of ether oxygens (including phenoxy) is 1. The first kappa shape index (κ1) is 28.2. The molecule has 34 heavy (non-hydrogen) atoms. The van der Waals surface area contributed by atoms with Gasteiger partial charge in [0, 0.05) is 43.3 Å². The molecule has 1 saturated heterocycles. The van der Waals surface area contributed by atoms with Crippen molar-refractivity contribution in [3.63, 3.8) is 0 Å². The van der Waals surface area contributed by atoms with E-state index in [1.54, 1.807) is 24.1 Å². The number of hydrogen-bond donors (Lipinski definition) is 2. The molecule has 4 rings (SSSR count). The molecule has 1 amide bonds. The van der Waals surface area contributed by atoms with Crippen LogP contribution in [0.3, 0.4) is 0 Å². The highest BCUT2D eigenvalue weighted by Crippen LogP contribution is 2.35. The fraction of sp³-hybridized carbons (Fsp3) is 0.458. The number of rotatable bonds is 6. The van der Waals surface area contributed by atoms with E-state index in [2.05, 4.69) is 22.8 Å². The molecule has 2 aliphatic rings. The number of benzene rings is 2. The number of amides is 1. The van der Waals surface area contributed by atoms with E-state index >= 15 is 0 Å². The van der Waals surface area contributed by atoms with Crippen molar-refractivity contribution in [3.8, 4) is 5.75 Å². The minimum atomic E-state index is -4.42. The van der Waals surface area contributed by atoms with E-state index in [-0.39, 0.29) is 48.6 Å². The topological polar surface area (TPSA) is 53.6 Å². The lowest BCUT2D eigenvalue weighted by Gasteiger charge is -2.34. The van der Waals surface area contributed by atoms with Crippen molar-refractivity contribution in [1.82, 2.24) is 10.6 Å². The standard InChI is InChI=1S/C24H28F3N3O2.2ClH/c1-30-20-12-18(21(32-15-24(25,26)27)13-17(20)9-10-22(30)31)14-29-19-8-5-11-28-23(19)16-6-3-2-4-7-16;;/h2-4,6-7,12-13,19,23,28-29H,5,8-11,14-15H2,1H3;2*1H/t19-,23-;;/m0../s1. The van der Waals surface area contributed by atoms with Crippen molar-refractivity contribution in [1.29, 1.82) is 0 Å². The third-order valence-corrected chi connectivity index (χ3v) is 6.17. The summed E-state index contributed by atoms with van der Waals surface area (Å²) in [4.78, 5) is 13.7. The molecule has 2 aliphatic heterocycles. The second-order valence-electron chi connectivity index (χ2n) is 8.42. The maximum Gasteiger partial charge on any atom is 0.422 e. The summed E-state index contributed by atoms with van der Waals surface area (Å²) in [7, 11) is 1.70. The molecule has 2 atom stereocenters. The fourth-order valence-electron chi connectivity index (χ4n) is 4.50. The zero-order valence-electron chi connectivity index (χ0n) is 18.9. The van der Waals surface area contributed by atoms with Gasteiger partial charge in [-0.05, 0) is 49.1 Å². The van der Waals surface area contributed by atoms with Gasteiger partial charge in [0.2, 0.25) is 5.91 Å². The van der Waals surface area contributed by atoms with Crippen LogP contribution in [0.25, 0.3) is 0 Å². The minimum absolute atomic E-state index is 0. The van der Waals surface area contributed by atoms with Crippen LogP contribution in [0.15, 0.2) is 42.5 Å². The van der Waals surface area contributed by atoms with Crippen molar-refractivity contribution < 1.29 is 22.7 Å². The van der Waals surface area contributed by atoms with Gasteiger partial charge in [0.25, 0.3) is 0 Å². The first-order valence-corrected chi connectivity index (χ1v) is 11.0. The van der Waals surface area contributed by atoms with Gasteiger partial charge < -0.3 is 20.3 Å². The maximum absolute atomic E-state index is 12.8. The summed E-state index contributed by atoms with van der Waals surface area (Å²) >= 11 is 0. The highest BCUT2D eigenvalue weighted by atomic mass is 35.5. The Morgan fingerprint density at radius 2 is 1.88 bits per heavy atom. The van der Waals surface area contributed by atoms with Crippen LogP contribution >= 0.6 is 24.8 Å². The molecule has 0 radical (unpaired) electrons. The SMILES string of the molecule is CN1C(=O)CCc2cc(OCC(F)(F)F)c(CN[C@H]3CCCN[C@H]3c3ccccc3)cc21.Cl.Cl. The second kappa shape index (κ2) is 12.1. The van der Waals surface area contributed by atoms with E-state index in [0.29, 0.717) is 24.9 Å². The number of piperidine rings is 1. The molecule has 5 nitrogen and oxygen atoms in total. The average Bonchev–Trinajstić information content (AvgIpc) is 2.79. The van der Waals surface area contributed by atoms with Crippen LogP contribution in [0, 0.1) is 0 Å². The molecule has 1 fully saturated rings. The van der Waals surface area contributed by atoms with Crippen LogP contribution in [0.2, 0.25) is 0 Å². The molecule has 0 unspecified atom stereocenters. The van der Waals surface area contributed by atoms with Gasteiger partial charge in [-0.2, -0.15) is 13.2 Å². The van der Waals surface area contributed by atoms with E-state index in [1.165, 1.54) is 5.56 Å². The number of fused-ring (bicyclic) bond motifs is 1. The molecule has 188 valence electrons. The third-order valence-electron chi connectivity index (χ3n) is 6.17. The normalized spacial score (nSPS) is 20.1. The summed E-state index contributed by atoms with van der Waals surface area (Å²) < 4.78 is 43.7. The lowest BCUT2D eigenvalue weighted by molar-refractivity contribution is -0.153. The van der Waals surface area contributed by atoms with E-state index in [1.807, 2.05) is 18.2 Å². The molecule has 0 spiro atoms. The van der Waals surface area contributed by atoms with Crippen LogP contribution in [-0.2, 0) is 17.8 Å². The van der Waals surface area contributed by atoms with Gasteiger partial charge in [0.15, 0.2) is 6.61 Å². The van der Waals surface area contributed by atoms with Gasteiger partial charge in [-0.1, -0.05) is 30.3 Å². The highest BCUT2D eigenvalue weighted by Gasteiger charge is 2.31. The first-order chi connectivity index (χ1) is 15.3. The Bertz CT molecular complexity index is 960. The Morgan fingerprint density at radius 1 is 1.15 bits per heavy atom. The smallest absolute Gasteiger partial charge is 0.422 e. The van der Waals surface area contributed by atoms with Gasteiger partial charge in [0.1, 0.15) is 5.75 Å². The molecular formula is C24H30Cl2F3N3O2. The van der Waals surface area contributed by atoms with Crippen LogP contribution in [0.1, 0.15) is 42.0 Å². The number of aryl methyl sites for hydroxylation is 1. The second-order valence-corrected chi connectivity index (χ2v) is 8.42. The molecule has 10 heteroatoms. The Kier molecular flexibility index (Phi) is 10.1. The number of alkyl halides is 3. The molecule has 2 aromatic rings. The van der Waals surface area contributed by atoms with E-state index < -0.39 is 12.8 Å². The van der Waals surface area contributed by atoms with Crippen LogP contribution < -0.4 is 20.3 Å². The van der Waals surface area contributed by atoms with Gasteiger partial charge >= 0.3 is 6.18 Å².